The Hall–Kier alpha value is -3.56. The minimum atomic E-state index is -5.04. The van der Waals surface area contributed by atoms with Crippen LogP contribution in [-0.4, -0.2) is 37.2 Å². The van der Waals surface area contributed by atoms with Crippen molar-refractivity contribution in [1.29, 1.82) is 0 Å². The molecule has 2 aromatic carbocycles. The third kappa shape index (κ3) is 3.69. The highest BCUT2D eigenvalue weighted by molar-refractivity contribution is 5.97. The first-order valence-corrected chi connectivity index (χ1v) is 9.56. The van der Waals surface area contributed by atoms with E-state index in [-0.39, 0.29) is 28.4 Å². The van der Waals surface area contributed by atoms with Gasteiger partial charge in [-0.05, 0) is 36.8 Å². The van der Waals surface area contributed by atoms with Gasteiger partial charge in [0.15, 0.2) is 0 Å². The first-order valence-electron chi connectivity index (χ1n) is 9.56. The van der Waals surface area contributed by atoms with Crippen molar-refractivity contribution in [3.05, 3.63) is 59.7 Å². The second kappa shape index (κ2) is 7.60. The second-order valence-electron chi connectivity index (χ2n) is 7.27. The van der Waals surface area contributed by atoms with Crippen molar-refractivity contribution in [3.63, 3.8) is 0 Å². The van der Waals surface area contributed by atoms with Crippen LogP contribution in [-0.2, 0) is 15.1 Å². The van der Waals surface area contributed by atoms with Gasteiger partial charge in [-0.2, -0.15) is 13.2 Å². The van der Waals surface area contributed by atoms with Crippen LogP contribution in [0.3, 0.4) is 0 Å². The zero-order valence-electron chi connectivity index (χ0n) is 16.2. The number of halogens is 3. The fourth-order valence-corrected chi connectivity index (χ4v) is 3.75. The highest BCUT2D eigenvalue weighted by Gasteiger charge is 2.62. The number of nitrogens with one attached hydrogen (secondary N) is 2. The third-order valence-corrected chi connectivity index (χ3v) is 5.32. The Kier molecular flexibility index (Phi) is 5.08. The predicted molar refractivity (Wildman–Crippen MR) is 105 cm³/mol. The van der Waals surface area contributed by atoms with Gasteiger partial charge in [0.05, 0.1) is 12.2 Å². The summed E-state index contributed by atoms with van der Waals surface area (Å²) in [5.74, 6) is -0.943. The molecule has 1 fully saturated rings. The van der Waals surface area contributed by atoms with Crippen molar-refractivity contribution < 1.29 is 32.3 Å². The summed E-state index contributed by atoms with van der Waals surface area (Å²) in [5.41, 5.74) is -3.17. The molecule has 31 heavy (non-hydrogen) atoms. The van der Waals surface area contributed by atoms with Gasteiger partial charge in [-0.15, -0.1) is 0 Å². The average Bonchev–Trinajstić information content (AvgIpc) is 3.17. The van der Waals surface area contributed by atoms with E-state index in [9.17, 15) is 27.6 Å². The number of hydrogen-bond acceptors (Lipinski definition) is 4. The summed E-state index contributed by atoms with van der Waals surface area (Å²) >= 11 is 0. The fourth-order valence-electron chi connectivity index (χ4n) is 3.75. The summed E-state index contributed by atoms with van der Waals surface area (Å²) in [6.45, 7) is -0.642. The number of alkyl halides is 3. The number of rotatable bonds is 4. The largest absolute Gasteiger partial charge is 0.434 e. The van der Waals surface area contributed by atoms with Crippen LogP contribution in [0.1, 0.15) is 28.8 Å². The molecule has 0 radical (unpaired) electrons. The fraction of sp³-hybridized carbons (Fsp3) is 0.286. The van der Waals surface area contributed by atoms with Crippen LogP contribution in [0.15, 0.2) is 48.5 Å². The summed E-state index contributed by atoms with van der Waals surface area (Å²) in [7, 11) is 0. The topological polar surface area (TPSA) is 87.7 Å². The van der Waals surface area contributed by atoms with Crippen molar-refractivity contribution in [2.45, 2.75) is 24.6 Å². The van der Waals surface area contributed by atoms with E-state index in [1.807, 2.05) is 0 Å². The molecule has 1 atom stereocenters. The van der Waals surface area contributed by atoms with Gasteiger partial charge in [0.25, 0.3) is 11.5 Å². The van der Waals surface area contributed by atoms with Gasteiger partial charge in [0, 0.05) is 29.8 Å². The van der Waals surface area contributed by atoms with E-state index in [4.69, 9.17) is 4.74 Å². The molecule has 1 saturated heterocycles. The molecular formula is C21H18F3N3O4. The summed E-state index contributed by atoms with van der Waals surface area (Å²) in [6.07, 6.45) is -5.43. The monoisotopic (exact) mass is 433 g/mol. The number of carbonyl (C=O) groups is 3. The van der Waals surface area contributed by atoms with Crippen LogP contribution < -0.4 is 15.5 Å². The van der Waals surface area contributed by atoms with Crippen molar-refractivity contribution in [3.8, 4) is 0 Å². The lowest BCUT2D eigenvalue weighted by molar-refractivity contribution is -0.261. The number of fused-ring (bicyclic) bond motifs is 1. The number of amides is 3. The lowest BCUT2D eigenvalue weighted by Gasteiger charge is -2.40. The van der Waals surface area contributed by atoms with Gasteiger partial charge in [0.2, 0.25) is 5.91 Å². The number of ether oxygens (including phenoxy) is 1. The molecule has 2 N–H and O–H groups in total. The van der Waals surface area contributed by atoms with Crippen LogP contribution in [0, 0.1) is 0 Å². The van der Waals surface area contributed by atoms with Crippen LogP contribution >= 0.6 is 0 Å². The van der Waals surface area contributed by atoms with E-state index in [1.54, 1.807) is 18.2 Å². The van der Waals surface area contributed by atoms with Crippen LogP contribution in [0.5, 0.6) is 0 Å². The molecule has 2 aliphatic heterocycles. The maximum absolute atomic E-state index is 14.4. The third-order valence-electron chi connectivity index (χ3n) is 5.32. The van der Waals surface area contributed by atoms with Crippen molar-refractivity contribution >= 4 is 29.3 Å². The Morgan fingerprint density at radius 1 is 1.16 bits per heavy atom. The molecule has 0 aliphatic carbocycles. The number of carbonyl (C=O) groups excluding carboxylic acids is 3. The molecule has 0 bridgehead atoms. The predicted octanol–water partition coefficient (Wildman–Crippen LogP) is 3.56. The maximum atomic E-state index is 14.4. The Morgan fingerprint density at radius 2 is 1.90 bits per heavy atom. The summed E-state index contributed by atoms with van der Waals surface area (Å²) in [6, 6.07) is 11.7. The first kappa shape index (κ1) is 20.7. The smallest absolute Gasteiger partial charge is 0.426 e. The number of cyclic esters (lactones) is 1. The van der Waals surface area contributed by atoms with E-state index in [1.165, 1.54) is 35.2 Å². The first-order chi connectivity index (χ1) is 14.7. The molecule has 10 heteroatoms. The number of hydrogen-bond donors (Lipinski definition) is 2. The Labute approximate surface area is 175 Å². The van der Waals surface area contributed by atoms with Crippen LogP contribution in [0.4, 0.5) is 29.3 Å². The zero-order chi connectivity index (χ0) is 22.2. The molecule has 0 spiro atoms. The van der Waals surface area contributed by atoms with Gasteiger partial charge < -0.3 is 15.0 Å². The Balaban J connectivity index is 1.74. The van der Waals surface area contributed by atoms with E-state index < -0.39 is 30.3 Å². The highest BCUT2D eigenvalue weighted by atomic mass is 19.4. The average molecular weight is 433 g/mol. The molecule has 0 saturated carbocycles. The van der Waals surface area contributed by atoms with Gasteiger partial charge in [-0.1, -0.05) is 18.2 Å². The quantitative estimate of drug-likeness (QED) is 0.772. The lowest BCUT2D eigenvalue weighted by atomic mass is 9.89. The molecule has 2 aliphatic rings. The van der Waals surface area contributed by atoms with Crippen molar-refractivity contribution in [2.24, 2.45) is 0 Å². The van der Waals surface area contributed by atoms with E-state index in [0.717, 1.165) is 0 Å². The molecule has 2 aromatic rings. The molecular weight excluding hydrogens is 415 g/mol. The molecule has 162 valence electrons. The zero-order valence-corrected chi connectivity index (χ0v) is 16.2. The molecule has 1 unspecified atom stereocenters. The van der Waals surface area contributed by atoms with E-state index in [0.29, 0.717) is 19.4 Å². The molecule has 4 rings (SSSR count). The van der Waals surface area contributed by atoms with E-state index in [2.05, 4.69) is 10.6 Å². The molecule has 2 heterocycles. The maximum Gasteiger partial charge on any atom is 0.434 e. The number of nitrogens with zero attached hydrogens (tertiary/aromatic N) is 1. The van der Waals surface area contributed by atoms with Gasteiger partial charge in [-0.3, -0.25) is 14.9 Å². The normalized spacial score (nSPS) is 20.7. The highest BCUT2D eigenvalue weighted by Crippen LogP contribution is 2.48. The minimum absolute atomic E-state index is 0.0991. The Bertz CT molecular complexity index is 1040. The second-order valence-corrected chi connectivity index (χ2v) is 7.27. The van der Waals surface area contributed by atoms with Gasteiger partial charge in [0.1, 0.15) is 0 Å². The number of benzene rings is 2. The summed E-state index contributed by atoms with van der Waals surface area (Å²) in [5, 5.41) is 4.49. The van der Waals surface area contributed by atoms with Gasteiger partial charge in [-0.25, -0.2) is 4.79 Å². The SMILES string of the molecule is O=C1Nc2ccc(N3CCCC3=O)cc2C(CNC(=O)c2ccccc2)(C(F)(F)F)O1. The van der Waals surface area contributed by atoms with Crippen LogP contribution in [0.25, 0.3) is 0 Å². The van der Waals surface area contributed by atoms with E-state index >= 15 is 0 Å². The Morgan fingerprint density at radius 3 is 2.55 bits per heavy atom. The van der Waals surface area contributed by atoms with Gasteiger partial charge >= 0.3 is 12.3 Å². The summed E-state index contributed by atoms with van der Waals surface area (Å²) < 4.78 is 47.9. The van der Waals surface area contributed by atoms with Crippen LogP contribution in [0.2, 0.25) is 0 Å². The van der Waals surface area contributed by atoms with Crippen molar-refractivity contribution in [2.75, 3.05) is 23.3 Å². The number of anilines is 2. The minimum Gasteiger partial charge on any atom is -0.426 e. The molecule has 0 aromatic heterocycles. The summed E-state index contributed by atoms with van der Waals surface area (Å²) in [4.78, 5) is 37.8. The standard InChI is InChI=1S/C21H18F3N3O4/c22-21(23,24)20(12-25-18(29)13-5-2-1-3-6-13)15-11-14(27-10-4-7-17(27)28)8-9-16(15)26-19(30)31-20/h1-3,5-6,8-9,11H,4,7,10,12H2,(H,25,29)(H,26,30). The van der Waals surface area contributed by atoms with Crippen molar-refractivity contribution in [1.82, 2.24) is 5.32 Å². The lowest BCUT2D eigenvalue weighted by Crippen LogP contribution is -2.56. The molecule has 3 amide bonds. The molecule has 7 nitrogen and oxygen atoms in total.